The molecule has 132 valence electrons. The van der Waals surface area contributed by atoms with Gasteiger partial charge in [0.05, 0.1) is 17.3 Å². The molecule has 1 aliphatic heterocycles. The molecule has 1 fully saturated rings. The van der Waals surface area contributed by atoms with Gasteiger partial charge in [0, 0.05) is 31.2 Å². The Morgan fingerprint density at radius 1 is 1.12 bits per heavy atom. The van der Waals surface area contributed by atoms with Gasteiger partial charge in [0.15, 0.2) is 5.69 Å². The van der Waals surface area contributed by atoms with E-state index in [-0.39, 0.29) is 23.7 Å². The number of halogens is 1. The molecular weight excluding hydrogens is 368 g/mol. The molecule has 1 saturated heterocycles. The Bertz CT molecular complexity index is 881. The zero-order valence-electron chi connectivity index (χ0n) is 13.0. The average Bonchev–Trinajstić information content (AvgIpc) is 2.62. The molecule has 1 N–H and O–H groups in total. The predicted molar refractivity (Wildman–Crippen MR) is 91.4 cm³/mol. The summed E-state index contributed by atoms with van der Waals surface area (Å²) in [7, 11) is -3.60. The molecule has 10 heteroatoms. The fourth-order valence-corrected chi connectivity index (χ4v) is 4.25. The lowest BCUT2D eigenvalue weighted by Gasteiger charge is -2.34. The van der Waals surface area contributed by atoms with Crippen molar-refractivity contribution >= 4 is 33.4 Å². The summed E-state index contributed by atoms with van der Waals surface area (Å²) >= 11 is 5.88. The van der Waals surface area contributed by atoms with Crippen LogP contribution in [0.1, 0.15) is 10.5 Å². The zero-order valence-corrected chi connectivity index (χ0v) is 14.6. The molecule has 0 atom stereocenters. The minimum Gasteiger partial charge on any atom is -0.476 e. The standard InChI is InChI=1S/C15H15ClN4O4S/c16-11-2-1-3-12(8-11)25(23,24)20-6-4-19(5-7-20)14-10-17-13(9-18-14)15(21)22/h1-3,8-10H,4-7H2,(H,21,22). The number of nitrogens with zero attached hydrogens (tertiary/aromatic N) is 4. The molecule has 0 bridgehead atoms. The summed E-state index contributed by atoms with van der Waals surface area (Å²) in [4.78, 5) is 20.7. The Morgan fingerprint density at radius 2 is 1.84 bits per heavy atom. The molecule has 0 spiro atoms. The van der Waals surface area contributed by atoms with E-state index in [2.05, 4.69) is 9.97 Å². The smallest absolute Gasteiger partial charge is 0.356 e. The molecule has 8 nitrogen and oxygen atoms in total. The monoisotopic (exact) mass is 382 g/mol. The number of carbonyl (C=O) groups is 1. The van der Waals surface area contributed by atoms with Gasteiger partial charge in [-0.15, -0.1) is 0 Å². The summed E-state index contributed by atoms with van der Waals surface area (Å²) < 4.78 is 26.7. The Balaban J connectivity index is 1.70. The predicted octanol–water partition coefficient (Wildman–Crippen LogP) is 1.34. The van der Waals surface area contributed by atoms with Gasteiger partial charge in [-0.05, 0) is 18.2 Å². The van der Waals surface area contributed by atoms with Crippen molar-refractivity contribution in [1.82, 2.24) is 14.3 Å². The SMILES string of the molecule is O=C(O)c1cnc(N2CCN(S(=O)(=O)c3cccc(Cl)c3)CC2)cn1. The van der Waals surface area contributed by atoms with Crippen LogP contribution in [0.25, 0.3) is 0 Å². The van der Waals surface area contributed by atoms with Crippen LogP contribution in [0, 0.1) is 0 Å². The van der Waals surface area contributed by atoms with Crippen molar-refractivity contribution in [3.63, 3.8) is 0 Å². The highest BCUT2D eigenvalue weighted by Gasteiger charge is 2.29. The largest absolute Gasteiger partial charge is 0.476 e. The highest BCUT2D eigenvalue weighted by molar-refractivity contribution is 7.89. The highest BCUT2D eigenvalue weighted by Crippen LogP contribution is 2.22. The molecule has 0 amide bonds. The normalized spacial score (nSPS) is 16.0. The van der Waals surface area contributed by atoms with Gasteiger partial charge in [-0.25, -0.2) is 23.2 Å². The maximum absolute atomic E-state index is 12.7. The first kappa shape index (κ1) is 17.6. The summed E-state index contributed by atoms with van der Waals surface area (Å²) in [5.74, 6) is -0.624. The van der Waals surface area contributed by atoms with E-state index >= 15 is 0 Å². The topological polar surface area (TPSA) is 104 Å². The second-order valence-electron chi connectivity index (χ2n) is 5.41. The van der Waals surface area contributed by atoms with E-state index in [1.54, 1.807) is 12.1 Å². The minimum absolute atomic E-state index is 0.133. The van der Waals surface area contributed by atoms with E-state index in [1.807, 2.05) is 4.90 Å². The van der Waals surface area contributed by atoms with Gasteiger partial charge in [0.2, 0.25) is 10.0 Å². The highest BCUT2D eigenvalue weighted by atomic mass is 35.5. The molecule has 2 aromatic rings. The van der Waals surface area contributed by atoms with E-state index < -0.39 is 16.0 Å². The number of hydrogen-bond acceptors (Lipinski definition) is 6. The summed E-state index contributed by atoms with van der Waals surface area (Å²) in [5, 5.41) is 9.21. The van der Waals surface area contributed by atoms with E-state index in [1.165, 1.54) is 28.8 Å². The van der Waals surface area contributed by atoms with Crippen LogP contribution in [0.15, 0.2) is 41.6 Å². The van der Waals surface area contributed by atoms with Gasteiger partial charge in [0.1, 0.15) is 5.82 Å². The van der Waals surface area contributed by atoms with Crippen molar-refractivity contribution in [3.05, 3.63) is 47.4 Å². The van der Waals surface area contributed by atoms with Gasteiger partial charge in [0.25, 0.3) is 0 Å². The van der Waals surface area contributed by atoms with E-state index in [0.717, 1.165) is 0 Å². The fraction of sp³-hybridized carbons (Fsp3) is 0.267. The van der Waals surface area contributed by atoms with E-state index in [0.29, 0.717) is 23.9 Å². The van der Waals surface area contributed by atoms with Crippen LogP contribution in [0.4, 0.5) is 5.82 Å². The molecule has 0 saturated carbocycles. The number of benzene rings is 1. The minimum atomic E-state index is -3.60. The quantitative estimate of drug-likeness (QED) is 0.850. The van der Waals surface area contributed by atoms with Gasteiger partial charge >= 0.3 is 5.97 Å². The number of piperazine rings is 1. The van der Waals surface area contributed by atoms with Crippen LogP contribution in [0.2, 0.25) is 5.02 Å². The number of anilines is 1. The Hall–Kier alpha value is -2.23. The van der Waals surface area contributed by atoms with E-state index in [9.17, 15) is 13.2 Å². The number of carboxylic acids is 1. The van der Waals surface area contributed by atoms with Crippen molar-refractivity contribution < 1.29 is 18.3 Å². The number of rotatable bonds is 4. The van der Waals surface area contributed by atoms with Gasteiger partial charge in [-0.3, -0.25) is 0 Å². The second-order valence-corrected chi connectivity index (χ2v) is 7.79. The molecule has 1 aromatic carbocycles. The Morgan fingerprint density at radius 3 is 2.40 bits per heavy atom. The molecule has 3 rings (SSSR count). The average molecular weight is 383 g/mol. The molecule has 25 heavy (non-hydrogen) atoms. The third-order valence-corrected chi connectivity index (χ3v) is 5.98. The lowest BCUT2D eigenvalue weighted by molar-refractivity contribution is 0.0690. The number of aromatic carboxylic acids is 1. The first-order valence-corrected chi connectivity index (χ1v) is 9.26. The first-order valence-electron chi connectivity index (χ1n) is 7.44. The van der Waals surface area contributed by atoms with E-state index in [4.69, 9.17) is 16.7 Å². The summed E-state index contributed by atoms with van der Waals surface area (Å²) in [6.07, 6.45) is 2.57. The second kappa shape index (κ2) is 6.95. The van der Waals surface area contributed by atoms with Crippen LogP contribution in [0.3, 0.4) is 0 Å². The van der Waals surface area contributed by atoms with Crippen LogP contribution in [0.5, 0.6) is 0 Å². The zero-order chi connectivity index (χ0) is 18.0. The molecule has 0 radical (unpaired) electrons. The van der Waals surface area contributed by atoms with Crippen LogP contribution in [-0.4, -0.2) is 59.9 Å². The molecule has 0 unspecified atom stereocenters. The third-order valence-electron chi connectivity index (χ3n) is 3.85. The summed E-state index contributed by atoms with van der Waals surface area (Å²) in [6.45, 7) is 1.44. The lowest BCUT2D eigenvalue weighted by Crippen LogP contribution is -2.49. The Kier molecular flexibility index (Phi) is 4.89. The first-order chi connectivity index (χ1) is 11.9. The van der Waals surface area contributed by atoms with Crippen LogP contribution >= 0.6 is 11.6 Å². The number of hydrogen-bond donors (Lipinski definition) is 1. The van der Waals surface area contributed by atoms with Crippen molar-refractivity contribution in [3.8, 4) is 0 Å². The van der Waals surface area contributed by atoms with Crippen molar-refractivity contribution in [1.29, 1.82) is 0 Å². The summed E-state index contributed by atoms with van der Waals surface area (Å²) in [6, 6.07) is 6.17. The van der Waals surface area contributed by atoms with Crippen LogP contribution < -0.4 is 4.90 Å². The van der Waals surface area contributed by atoms with Gasteiger partial charge < -0.3 is 10.0 Å². The van der Waals surface area contributed by atoms with Crippen molar-refractivity contribution in [2.24, 2.45) is 0 Å². The third kappa shape index (κ3) is 3.73. The number of sulfonamides is 1. The Labute approximate surface area is 149 Å². The van der Waals surface area contributed by atoms with Crippen molar-refractivity contribution in [2.45, 2.75) is 4.90 Å². The number of aromatic nitrogens is 2. The lowest BCUT2D eigenvalue weighted by atomic mass is 10.3. The fourth-order valence-electron chi connectivity index (χ4n) is 2.53. The maximum atomic E-state index is 12.7. The van der Waals surface area contributed by atoms with Gasteiger partial charge in [-0.2, -0.15) is 4.31 Å². The summed E-state index contributed by atoms with van der Waals surface area (Å²) in [5.41, 5.74) is -0.133. The molecule has 1 aliphatic rings. The molecule has 2 heterocycles. The number of carboxylic acid groups (broad SMARTS) is 1. The van der Waals surface area contributed by atoms with Crippen molar-refractivity contribution in [2.75, 3.05) is 31.1 Å². The maximum Gasteiger partial charge on any atom is 0.356 e. The molecular formula is C15H15ClN4O4S. The molecule has 1 aromatic heterocycles. The van der Waals surface area contributed by atoms with Gasteiger partial charge in [-0.1, -0.05) is 17.7 Å². The molecule has 0 aliphatic carbocycles. The van der Waals surface area contributed by atoms with Crippen LogP contribution in [-0.2, 0) is 10.0 Å².